The summed E-state index contributed by atoms with van der Waals surface area (Å²) in [5.41, 5.74) is 5.42. The molecule has 0 saturated carbocycles. The van der Waals surface area contributed by atoms with Crippen LogP contribution < -0.4 is 5.32 Å². The largest absolute Gasteiger partial charge is 0.379 e. The van der Waals surface area contributed by atoms with Crippen molar-refractivity contribution in [3.63, 3.8) is 0 Å². The van der Waals surface area contributed by atoms with Crippen LogP contribution in [0.4, 0.5) is 0 Å². The van der Waals surface area contributed by atoms with Gasteiger partial charge in [-0.25, -0.2) is 0 Å². The van der Waals surface area contributed by atoms with Crippen LogP contribution in [0, 0.1) is 0 Å². The highest BCUT2D eigenvalue weighted by molar-refractivity contribution is 6.08. The van der Waals surface area contributed by atoms with Crippen molar-refractivity contribution in [3.05, 3.63) is 76.9 Å². The molecule has 0 spiro atoms. The lowest BCUT2D eigenvalue weighted by Crippen LogP contribution is -2.43. The van der Waals surface area contributed by atoms with Gasteiger partial charge in [-0.15, -0.1) is 0 Å². The lowest BCUT2D eigenvalue weighted by molar-refractivity contribution is 0.104. The summed E-state index contributed by atoms with van der Waals surface area (Å²) in [6.07, 6.45) is 4.91. The summed E-state index contributed by atoms with van der Waals surface area (Å²) in [7, 11) is 0. The summed E-state index contributed by atoms with van der Waals surface area (Å²) in [5, 5.41) is 3.56. The minimum atomic E-state index is -0.0535. The third kappa shape index (κ3) is 3.59. The molecule has 2 aromatic rings. The Morgan fingerprint density at radius 3 is 2.62 bits per heavy atom. The van der Waals surface area contributed by atoms with Gasteiger partial charge in [0.05, 0.1) is 0 Å². The van der Waals surface area contributed by atoms with Crippen LogP contribution in [0.2, 0.25) is 0 Å². The maximum Gasteiger partial charge on any atom is 0.187 e. The number of ketones is 1. The topological polar surface area (TPSA) is 29.1 Å². The van der Waals surface area contributed by atoms with E-state index in [-0.39, 0.29) is 11.3 Å². The maximum absolute atomic E-state index is 12.6. The van der Waals surface area contributed by atoms with Gasteiger partial charge in [-0.3, -0.25) is 4.79 Å². The molecular formula is C22H25NO. The second kappa shape index (κ2) is 6.64. The van der Waals surface area contributed by atoms with Crippen LogP contribution >= 0.6 is 0 Å². The average Bonchev–Trinajstić information content (AvgIpc) is 2.55. The molecule has 0 amide bonds. The van der Waals surface area contributed by atoms with Crippen molar-refractivity contribution in [3.8, 4) is 0 Å². The maximum atomic E-state index is 12.6. The van der Waals surface area contributed by atoms with Gasteiger partial charge in [-0.1, -0.05) is 55.8 Å². The molecule has 24 heavy (non-hydrogen) atoms. The molecule has 0 aliphatic carbocycles. The van der Waals surface area contributed by atoms with Crippen LogP contribution in [-0.4, -0.2) is 11.3 Å². The second-order valence-corrected chi connectivity index (χ2v) is 7.22. The molecule has 1 aliphatic heterocycles. The Balaban J connectivity index is 2.02. The Morgan fingerprint density at radius 1 is 1.17 bits per heavy atom. The van der Waals surface area contributed by atoms with E-state index in [0.717, 1.165) is 30.5 Å². The molecule has 1 aliphatic rings. The molecule has 1 N–H and O–H groups in total. The van der Waals surface area contributed by atoms with Gasteiger partial charge in [0.25, 0.3) is 0 Å². The minimum absolute atomic E-state index is 0.0441. The first-order chi connectivity index (χ1) is 11.5. The van der Waals surface area contributed by atoms with Crippen LogP contribution in [0.5, 0.6) is 0 Å². The van der Waals surface area contributed by atoms with Crippen molar-refractivity contribution in [1.29, 1.82) is 0 Å². The van der Waals surface area contributed by atoms with Crippen molar-refractivity contribution in [1.82, 2.24) is 5.32 Å². The van der Waals surface area contributed by atoms with E-state index in [1.165, 1.54) is 16.7 Å². The summed E-state index contributed by atoms with van der Waals surface area (Å²) in [4.78, 5) is 12.6. The van der Waals surface area contributed by atoms with Gasteiger partial charge >= 0.3 is 0 Å². The molecule has 124 valence electrons. The van der Waals surface area contributed by atoms with Gasteiger partial charge in [-0.2, -0.15) is 0 Å². The zero-order chi connectivity index (χ0) is 17.2. The number of hydrogen-bond donors (Lipinski definition) is 1. The average molecular weight is 319 g/mol. The van der Waals surface area contributed by atoms with E-state index in [1.54, 1.807) is 6.08 Å². The van der Waals surface area contributed by atoms with Crippen LogP contribution in [0.3, 0.4) is 0 Å². The smallest absolute Gasteiger partial charge is 0.187 e. The molecule has 0 aromatic heterocycles. The molecule has 0 radical (unpaired) electrons. The first kappa shape index (κ1) is 16.5. The monoisotopic (exact) mass is 319 g/mol. The number of carbonyl (C=O) groups excluding carboxylic acids is 1. The van der Waals surface area contributed by atoms with Gasteiger partial charge in [0.15, 0.2) is 5.78 Å². The standard InChI is InChI=1S/C22H25NO/c1-4-8-16-11-12-18-15-22(2,3)23-20(19(18)13-16)14-21(24)17-9-6-5-7-10-17/h5-7,9-14,23H,4,8,15H2,1-3H3. The zero-order valence-electron chi connectivity index (χ0n) is 14.7. The summed E-state index contributed by atoms with van der Waals surface area (Å²) in [5.74, 6) is 0.0441. The predicted molar refractivity (Wildman–Crippen MR) is 100 cm³/mol. The zero-order valence-corrected chi connectivity index (χ0v) is 14.7. The Bertz CT molecular complexity index is 772. The summed E-state index contributed by atoms with van der Waals surface area (Å²) in [6.45, 7) is 6.55. The SMILES string of the molecule is CCCc1ccc2c(c1)C(=CC(=O)c1ccccc1)NC(C)(C)C2. The van der Waals surface area contributed by atoms with E-state index in [2.05, 4.69) is 44.3 Å². The van der Waals surface area contributed by atoms with Crippen LogP contribution in [0.25, 0.3) is 5.70 Å². The minimum Gasteiger partial charge on any atom is -0.379 e. The number of rotatable bonds is 4. The van der Waals surface area contributed by atoms with Gasteiger partial charge in [0.1, 0.15) is 0 Å². The number of carbonyl (C=O) groups is 1. The van der Waals surface area contributed by atoms with E-state index in [4.69, 9.17) is 0 Å². The van der Waals surface area contributed by atoms with Crippen LogP contribution in [0.15, 0.2) is 54.6 Å². The fourth-order valence-electron chi connectivity index (χ4n) is 3.36. The number of nitrogens with one attached hydrogen (secondary N) is 1. The lowest BCUT2D eigenvalue weighted by Gasteiger charge is -2.36. The van der Waals surface area contributed by atoms with E-state index in [9.17, 15) is 4.79 Å². The first-order valence-corrected chi connectivity index (χ1v) is 8.70. The molecule has 2 aromatic carbocycles. The number of hydrogen-bond acceptors (Lipinski definition) is 2. The van der Waals surface area contributed by atoms with E-state index in [0.29, 0.717) is 0 Å². The number of benzene rings is 2. The lowest BCUT2D eigenvalue weighted by atomic mass is 9.84. The molecule has 0 atom stereocenters. The summed E-state index contributed by atoms with van der Waals surface area (Å²) >= 11 is 0. The normalized spacial score (nSPS) is 17.2. The van der Waals surface area contributed by atoms with Crippen LogP contribution in [0.1, 0.15) is 54.2 Å². The van der Waals surface area contributed by atoms with Crippen molar-refractivity contribution in [2.75, 3.05) is 0 Å². The van der Waals surface area contributed by atoms with E-state index < -0.39 is 0 Å². The molecule has 0 saturated heterocycles. The molecular weight excluding hydrogens is 294 g/mol. The third-order valence-electron chi connectivity index (χ3n) is 4.44. The highest BCUT2D eigenvalue weighted by Gasteiger charge is 2.28. The Labute approximate surface area is 144 Å². The molecule has 0 unspecified atom stereocenters. The van der Waals surface area contributed by atoms with Gasteiger partial charge in [0, 0.05) is 28.4 Å². The Kier molecular flexibility index (Phi) is 4.57. The fraction of sp³-hybridized carbons (Fsp3) is 0.318. The van der Waals surface area contributed by atoms with Gasteiger partial charge < -0.3 is 5.32 Å². The van der Waals surface area contributed by atoms with Gasteiger partial charge in [-0.05, 0) is 43.9 Å². The quantitative estimate of drug-likeness (QED) is 0.648. The van der Waals surface area contributed by atoms with Crippen molar-refractivity contribution in [2.45, 2.75) is 45.6 Å². The number of aryl methyl sites for hydroxylation is 1. The number of fused-ring (bicyclic) bond motifs is 1. The molecule has 2 heteroatoms. The fourth-order valence-corrected chi connectivity index (χ4v) is 3.36. The van der Waals surface area contributed by atoms with E-state index >= 15 is 0 Å². The first-order valence-electron chi connectivity index (χ1n) is 8.70. The van der Waals surface area contributed by atoms with Crippen LogP contribution in [-0.2, 0) is 12.8 Å². The molecule has 2 nitrogen and oxygen atoms in total. The Morgan fingerprint density at radius 2 is 1.92 bits per heavy atom. The molecule has 3 rings (SSSR count). The molecule has 0 bridgehead atoms. The second-order valence-electron chi connectivity index (χ2n) is 7.22. The molecule has 1 heterocycles. The third-order valence-corrected chi connectivity index (χ3v) is 4.44. The highest BCUT2D eigenvalue weighted by Crippen LogP contribution is 2.31. The van der Waals surface area contributed by atoms with Crippen molar-refractivity contribution < 1.29 is 4.79 Å². The van der Waals surface area contributed by atoms with Crippen molar-refractivity contribution in [2.24, 2.45) is 0 Å². The highest BCUT2D eigenvalue weighted by atomic mass is 16.1. The van der Waals surface area contributed by atoms with E-state index in [1.807, 2.05) is 30.3 Å². The Hall–Kier alpha value is -2.35. The van der Waals surface area contributed by atoms with Crippen molar-refractivity contribution >= 4 is 11.5 Å². The predicted octanol–water partition coefficient (Wildman–Crippen LogP) is 4.79. The van der Waals surface area contributed by atoms with Gasteiger partial charge in [0.2, 0.25) is 0 Å². The number of allylic oxidation sites excluding steroid dienone is 1. The molecule has 0 fully saturated rings. The summed E-state index contributed by atoms with van der Waals surface area (Å²) < 4.78 is 0. The summed E-state index contributed by atoms with van der Waals surface area (Å²) in [6, 6.07) is 16.1.